The summed E-state index contributed by atoms with van der Waals surface area (Å²) >= 11 is 0. The van der Waals surface area contributed by atoms with Crippen LogP contribution in [0.1, 0.15) is 44.2 Å². The minimum atomic E-state index is -0.0353. The van der Waals surface area contributed by atoms with Crippen molar-refractivity contribution in [2.75, 3.05) is 0 Å². The summed E-state index contributed by atoms with van der Waals surface area (Å²) < 4.78 is 13.6. The largest absolute Gasteiger partial charge is 0.207 e. The summed E-state index contributed by atoms with van der Waals surface area (Å²) in [7, 11) is 0. The van der Waals surface area contributed by atoms with Crippen LogP contribution in [-0.4, -0.2) is 0 Å². The van der Waals surface area contributed by atoms with Crippen molar-refractivity contribution in [3.63, 3.8) is 0 Å². The van der Waals surface area contributed by atoms with E-state index >= 15 is 0 Å². The number of rotatable bonds is 0. The third-order valence-corrected chi connectivity index (χ3v) is 3.07. The Morgan fingerprint density at radius 2 is 2.08 bits per heavy atom. The van der Waals surface area contributed by atoms with Crippen LogP contribution in [0.5, 0.6) is 0 Å². The maximum absolute atomic E-state index is 13.6. The molecule has 0 saturated heterocycles. The molecule has 2 rings (SSSR count). The minimum Gasteiger partial charge on any atom is -0.207 e. The van der Waals surface area contributed by atoms with Crippen LogP contribution in [0.2, 0.25) is 0 Å². The van der Waals surface area contributed by atoms with Crippen molar-refractivity contribution in [3.05, 3.63) is 35.1 Å². The standard InChI is InChI=1S/C12H15F/c1-8-7-12(2,3)11-9(8)5-4-6-10(11)13/h4-6,8H,7H2,1-3H3/t8-/m1/s1. The van der Waals surface area contributed by atoms with E-state index < -0.39 is 0 Å². The van der Waals surface area contributed by atoms with Crippen LogP contribution >= 0.6 is 0 Å². The molecule has 1 aliphatic carbocycles. The number of benzene rings is 1. The van der Waals surface area contributed by atoms with Gasteiger partial charge in [0.1, 0.15) is 5.82 Å². The van der Waals surface area contributed by atoms with E-state index in [0.717, 1.165) is 12.0 Å². The van der Waals surface area contributed by atoms with E-state index in [9.17, 15) is 4.39 Å². The summed E-state index contributed by atoms with van der Waals surface area (Å²) in [6, 6.07) is 5.43. The molecular formula is C12H15F. The Morgan fingerprint density at radius 1 is 1.38 bits per heavy atom. The van der Waals surface area contributed by atoms with Crippen molar-refractivity contribution in [1.29, 1.82) is 0 Å². The van der Waals surface area contributed by atoms with Gasteiger partial charge in [-0.3, -0.25) is 0 Å². The van der Waals surface area contributed by atoms with Gasteiger partial charge in [-0.15, -0.1) is 0 Å². The summed E-state index contributed by atoms with van der Waals surface area (Å²) in [4.78, 5) is 0. The predicted molar refractivity (Wildman–Crippen MR) is 52.5 cm³/mol. The monoisotopic (exact) mass is 178 g/mol. The molecule has 0 heterocycles. The smallest absolute Gasteiger partial charge is 0.127 e. The zero-order valence-corrected chi connectivity index (χ0v) is 8.39. The normalized spacial score (nSPS) is 24.5. The van der Waals surface area contributed by atoms with Crippen LogP contribution in [0.3, 0.4) is 0 Å². The highest BCUT2D eigenvalue weighted by atomic mass is 19.1. The van der Waals surface area contributed by atoms with Gasteiger partial charge in [0.25, 0.3) is 0 Å². The Balaban J connectivity index is 2.66. The van der Waals surface area contributed by atoms with Gasteiger partial charge in [0, 0.05) is 0 Å². The maximum Gasteiger partial charge on any atom is 0.127 e. The minimum absolute atomic E-state index is 0.0140. The van der Waals surface area contributed by atoms with E-state index in [0.29, 0.717) is 5.92 Å². The number of hydrogen-bond acceptors (Lipinski definition) is 0. The highest BCUT2D eigenvalue weighted by Gasteiger charge is 2.36. The van der Waals surface area contributed by atoms with Crippen molar-refractivity contribution in [1.82, 2.24) is 0 Å². The summed E-state index contributed by atoms with van der Waals surface area (Å²) in [5.74, 6) is 0.465. The fraction of sp³-hybridized carbons (Fsp3) is 0.500. The quantitative estimate of drug-likeness (QED) is 0.569. The summed E-state index contributed by atoms with van der Waals surface area (Å²) in [5, 5.41) is 0. The molecule has 1 atom stereocenters. The molecule has 1 aliphatic rings. The molecular weight excluding hydrogens is 163 g/mol. The van der Waals surface area contributed by atoms with E-state index in [4.69, 9.17) is 0 Å². The number of fused-ring (bicyclic) bond motifs is 1. The first-order valence-corrected chi connectivity index (χ1v) is 4.81. The lowest BCUT2D eigenvalue weighted by molar-refractivity contribution is 0.467. The van der Waals surface area contributed by atoms with Gasteiger partial charge in [-0.1, -0.05) is 32.9 Å². The molecule has 13 heavy (non-hydrogen) atoms. The van der Waals surface area contributed by atoms with E-state index in [2.05, 4.69) is 26.8 Å². The van der Waals surface area contributed by atoms with E-state index in [1.54, 1.807) is 6.07 Å². The van der Waals surface area contributed by atoms with Crippen molar-refractivity contribution in [2.24, 2.45) is 0 Å². The molecule has 0 bridgehead atoms. The summed E-state index contributed by atoms with van der Waals surface area (Å²) in [6.07, 6.45) is 1.06. The lowest BCUT2D eigenvalue weighted by atomic mass is 9.86. The highest BCUT2D eigenvalue weighted by molar-refractivity contribution is 5.41. The number of halogens is 1. The van der Waals surface area contributed by atoms with Crippen molar-refractivity contribution in [2.45, 2.75) is 38.5 Å². The fourth-order valence-electron chi connectivity index (χ4n) is 2.64. The Bertz CT molecular complexity index is 339. The zero-order chi connectivity index (χ0) is 9.64. The van der Waals surface area contributed by atoms with Gasteiger partial charge < -0.3 is 0 Å². The van der Waals surface area contributed by atoms with Gasteiger partial charge in [-0.25, -0.2) is 4.39 Å². The highest BCUT2D eigenvalue weighted by Crippen LogP contribution is 2.46. The van der Waals surface area contributed by atoms with Gasteiger partial charge in [-0.05, 0) is 34.9 Å². The lowest BCUT2D eigenvalue weighted by Crippen LogP contribution is -2.13. The Labute approximate surface area is 78.8 Å². The number of hydrogen-bond donors (Lipinski definition) is 0. The molecule has 1 heteroatoms. The molecule has 0 spiro atoms. The maximum atomic E-state index is 13.6. The van der Waals surface area contributed by atoms with E-state index in [1.165, 1.54) is 5.56 Å². The van der Waals surface area contributed by atoms with Crippen molar-refractivity contribution in [3.8, 4) is 0 Å². The van der Waals surface area contributed by atoms with Crippen LogP contribution in [0.15, 0.2) is 18.2 Å². The molecule has 1 aromatic carbocycles. The Hall–Kier alpha value is -0.850. The Kier molecular flexibility index (Phi) is 1.73. The second kappa shape index (κ2) is 2.57. The third kappa shape index (κ3) is 1.18. The molecule has 0 radical (unpaired) electrons. The molecule has 0 aliphatic heterocycles. The molecule has 0 saturated carbocycles. The molecule has 1 aromatic rings. The SMILES string of the molecule is C[C@@H]1CC(C)(C)c2c(F)cccc21. The predicted octanol–water partition coefficient (Wildman–Crippen LogP) is 3.61. The first kappa shape index (κ1) is 8.74. The summed E-state index contributed by atoms with van der Waals surface area (Å²) in [5.41, 5.74) is 2.15. The molecule has 0 aromatic heterocycles. The van der Waals surface area contributed by atoms with Gasteiger partial charge in [0.2, 0.25) is 0 Å². The second-order valence-electron chi connectivity index (χ2n) is 4.69. The average Bonchev–Trinajstić information content (AvgIpc) is 2.24. The zero-order valence-electron chi connectivity index (χ0n) is 8.39. The first-order valence-electron chi connectivity index (χ1n) is 4.81. The lowest BCUT2D eigenvalue weighted by Gasteiger charge is -2.19. The molecule has 0 fully saturated rings. The average molecular weight is 178 g/mol. The third-order valence-electron chi connectivity index (χ3n) is 3.07. The molecule has 0 N–H and O–H groups in total. The van der Waals surface area contributed by atoms with Gasteiger partial charge in [-0.2, -0.15) is 0 Å². The van der Waals surface area contributed by atoms with Crippen LogP contribution in [-0.2, 0) is 5.41 Å². The van der Waals surface area contributed by atoms with E-state index in [-0.39, 0.29) is 11.2 Å². The second-order valence-corrected chi connectivity index (χ2v) is 4.69. The molecule has 0 nitrogen and oxygen atoms in total. The van der Waals surface area contributed by atoms with Crippen LogP contribution in [0.25, 0.3) is 0 Å². The molecule has 0 amide bonds. The van der Waals surface area contributed by atoms with Crippen LogP contribution in [0, 0.1) is 5.82 Å². The topological polar surface area (TPSA) is 0 Å². The van der Waals surface area contributed by atoms with Crippen molar-refractivity contribution < 1.29 is 4.39 Å². The van der Waals surface area contributed by atoms with E-state index in [1.807, 2.05) is 6.07 Å². The van der Waals surface area contributed by atoms with Gasteiger partial charge >= 0.3 is 0 Å². The Morgan fingerprint density at radius 3 is 2.69 bits per heavy atom. The van der Waals surface area contributed by atoms with Crippen LogP contribution in [0.4, 0.5) is 4.39 Å². The van der Waals surface area contributed by atoms with Gasteiger partial charge in [0.15, 0.2) is 0 Å². The molecule has 70 valence electrons. The van der Waals surface area contributed by atoms with Crippen LogP contribution < -0.4 is 0 Å². The molecule has 0 unspecified atom stereocenters. The fourth-order valence-corrected chi connectivity index (χ4v) is 2.64. The first-order chi connectivity index (χ1) is 6.02. The summed E-state index contributed by atoms with van der Waals surface area (Å²) in [6.45, 7) is 6.42. The van der Waals surface area contributed by atoms with Gasteiger partial charge in [0.05, 0.1) is 0 Å². The van der Waals surface area contributed by atoms with Crippen molar-refractivity contribution >= 4 is 0 Å².